The third kappa shape index (κ3) is 22.4. The number of aromatic nitrogens is 4. The summed E-state index contributed by atoms with van der Waals surface area (Å²) in [7, 11) is -3.58. The van der Waals surface area contributed by atoms with Gasteiger partial charge in [0.1, 0.15) is 24.2 Å². The summed E-state index contributed by atoms with van der Waals surface area (Å²) in [6, 6.07) is -0.822. The number of imidazole rings is 1. The molecule has 0 aliphatic rings. The minimum atomic E-state index is -3.58. The normalized spacial score (nSPS) is 14.0. The second-order valence-corrected chi connectivity index (χ2v) is 17.1. The zero-order valence-electron chi connectivity index (χ0n) is 34.6. The average molecular weight is 781 g/mol. The maximum absolute atomic E-state index is 14.0. The fraction of sp³-hybridized carbons (Fsp3) is 0.854. The lowest BCUT2D eigenvalue weighted by Gasteiger charge is -2.24. The zero-order chi connectivity index (χ0) is 39.1. The Kier molecular flexibility index (Phi) is 27.6. The van der Waals surface area contributed by atoms with Crippen LogP contribution in [0, 0.1) is 0 Å². The van der Waals surface area contributed by atoms with Gasteiger partial charge >= 0.3 is 5.97 Å². The Morgan fingerprint density at radius 1 is 0.722 bits per heavy atom. The van der Waals surface area contributed by atoms with Gasteiger partial charge in [-0.2, -0.15) is 0 Å². The van der Waals surface area contributed by atoms with E-state index in [9.17, 15) is 9.36 Å². The highest BCUT2D eigenvalue weighted by Gasteiger charge is 2.30. The quantitative estimate of drug-likeness (QED) is 0.0383. The highest BCUT2D eigenvalue weighted by molar-refractivity contribution is 7.56. The van der Waals surface area contributed by atoms with E-state index in [1.54, 1.807) is 13.3 Å². The number of esters is 1. The van der Waals surface area contributed by atoms with Crippen molar-refractivity contribution in [3.05, 3.63) is 12.7 Å². The van der Waals surface area contributed by atoms with Crippen LogP contribution in [0.5, 0.6) is 0 Å². The molecule has 1 unspecified atom stereocenters. The van der Waals surface area contributed by atoms with Crippen LogP contribution in [0.1, 0.15) is 175 Å². The third-order valence-corrected chi connectivity index (χ3v) is 11.6. The van der Waals surface area contributed by atoms with E-state index in [-0.39, 0.29) is 19.1 Å². The Bertz CT molecular complexity index is 1270. The van der Waals surface area contributed by atoms with E-state index >= 15 is 0 Å². The molecule has 0 bridgehead atoms. The summed E-state index contributed by atoms with van der Waals surface area (Å²) < 4.78 is 39.2. The number of hydrogen-bond acceptors (Lipinski definition) is 10. The third-order valence-electron chi connectivity index (χ3n) is 9.77. The van der Waals surface area contributed by atoms with Gasteiger partial charge in [0.05, 0.1) is 32.2 Å². The fourth-order valence-corrected chi connectivity index (χ4v) is 8.25. The van der Waals surface area contributed by atoms with Gasteiger partial charge in [0.2, 0.25) is 0 Å². The lowest BCUT2D eigenvalue weighted by atomic mass is 10.0. The first kappa shape index (κ1) is 48.0. The van der Waals surface area contributed by atoms with Gasteiger partial charge in [0.15, 0.2) is 11.5 Å². The number of carbonyl (C=O) groups excluding carboxylic acids is 1. The first-order chi connectivity index (χ1) is 26.3. The monoisotopic (exact) mass is 781 g/mol. The summed E-state index contributed by atoms with van der Waals surface area (Å²) in [5.74, 6) is -0.144. The van der Waals surface area contributed by atoms with Crippen molar-refractivity contribution in [3.8, 4) is 0 Å². The predicted molar refractivity (Wildman–Crippen MR) is 221 cm³/mol. The van der Waals surface area contributed by atoms with E-state index in [0.717, 1.165) is 32.3 Å². The van der Waals surface area contributed by atoms with Crippen LogP contribution in [0.2, 0.25) is 0 Å². The Balaban J connectivity index is 1.69. The largest absolute Gasteiger partial charge is 0.465 e. The lowest BCUT2D eigenvalue weighted by Crippen LogP contribution is -2.35. The van der Waals surface area contributed by atoms with Crippen LogP contribution in [0.15, 0.2) is 12.7 Å². The molecule has 0 aliphatic carbocycles. The summed E-state index contributed by atoms with van der Waals surface area (Å²) in [5.41, 5.74) is 7.05. The van der Waals surface area contributed by atoms with Crippen molar-refractivity contribution in [3.63, 3.8) is 0 Å². The summed E-state index contributed by atoms with van der Waals surface area (Å²) in [6.45, 7) is 10.2. The van der Waals surface area contributed by atoms with Crippen molar-refractivity contribution in [1.82, 2.24) is 24.6 Å². The molecular formula is C41H77N6O6P. The molecule has 0 saturated carbocycles. The van der Waals surface area contributed by atoms with Crippen molar-refractivity contribution >= 4 is 30.5 Å². The molecule has 0 fully saturated rings. The number of nitrogens with one attached hydrogen (secondary N) is 1. The van der Waals surface area contributed by atoms with Gasteiger partial charge < -0.3 is 29.0 Å². The van der Waals surface area contributed by atoms with Gasteiger partial charge in [0, 0.05) is 13.2 Å². The molecule has 0 saturated heterocycles. The number of carbonyl (C=O) groups is 1. The van der Waals surface area contributed by atoms with Crippen LogP contribution in [0.4, 0.5) is 5.82 Å². The molecule has 3 N–H and O–H groups in total. The van der Waals surface area contributed by atoms with Crippen molar-refractivity contribution in [2.24, 2.45) is 0 Å². The van der Waals surface area contributed by atoms with Crippen LogP contribution >= 0.6 is 7.52 Å². The van der Waals surface area contributed by atoms with E-state index in [1.165, 1.54) is 122 Å². The van der Waals surface area contributed by atoms with Gasteiger partial charge in [-0.1, -0.05) is 142 Å². The Labute approximate surface area is 327 Å². The zero-order valence-corrected chi connectivity index (χ0v) is 35.5. The van der Waals surface area contributed by atoms with Crippen molar-refractivity contribution in [1.29, 1.82) is 0 Å². The molecule has 2 aromatic heterocycles. The van der Waals surface area contributed by atoms with E-state index in [2.05, 4.69) is 33.9 Å². The predicted octanol–water partition coefficient (Wildman–Crippen LogP) is 10.5. The van der Waals surface area contributed by atoms with Gasteiger partial charge in [-0.25, -0.2) is 20.0 Å². The molecule has 312 valence electrons. The van der Waals surface area contributed by atoms with Crippen molar-refractivity contribution < 1.29 is 28.1 Å². The molecule has 54 heavy (non-hydrogen) atoms. The first-order valence-electron chi connectivity index (χ1n) is 21.6. The average Bonchev–Trinajstić information content (AvgIpc) is 3.57. The van der Waals surface area contributed by atoms with Crippen molar-refractivity contribution in [2.75, 3.05) is 38.5 Å². The number of anilines is 1. The Morgan fingerprint density at radius 3 is 1.81 bits per heavy atom. The number of unbranched alkanes of at least 4 members (excludes halogenated alkanes) is 20. The molecule has 3 atom stereocenters. The van der Waals surface area contributed by atoms with Crippen LogP contribution < -0.4 is 10.8 Å². The second kappa shape index (κ2) is 31.0. The molecule has 0 radical (unpaired) electrons. The van der Waals surface area contributed by atoms with Gasteiger partial charge in [-0.05, 0) is 33.1 Å². The number of rotatable bonds is 37. The smallest absolute Gasteiger partial charge is 0.323 e. The maximum Gasteiger partial charge on any atom is 0.323 e. The molecule has 2 aromatic rings. The number of nitrogens with two attached hydrogens (primary N) is 1. The summed E-state index contributed by atoms with van der Waals surface area (Å²) in [4.78, 5) is 25.4. The van der Waals surface area contributed by atoms with E-state index < -0.39 is 19.5 Å². The summed E-state index contributed by atoms with van der Waals surface area (Å²) >= 11 is 0. The van der Waals surface area contributed by atoms with E-state index in [1.807, 2.05) is 11.5 Å². The molecule has 0 spiro atoms. The van der Waals surface area contributed by atoms with Gasteiger partial charge in [-0.3, -0.25) is 9.36 Å². The lowest BCUT2D eigenvalue weighted by molar-refractivity contribution is -0.145. The molecule has 12 nitrogen and oxygen atoms in total. The van der Waals surface area contributed by atoms with Crippen LogP contribution in [0.3, 0.4) is 0 Å². The minimum absolute atomic E-state index is 0.211. The van der Waals surface area contributed by atoms with E-state index in [0.29, 0.717) is 43.2 Å². The fourth-order valence-electron chi connectivity index (χ4n) is 6.45. The standard InChI is InChI=1S/C41H77N6O6P/c1-5-7-9-11-13-15-16-17-18-19-20-21-23-25-28-50-29-27-31-53-54(49,46-37(4)41(48)51-30-26-24-22-14-12-10-8-6-2)35-52-36(3)32-47-34-45-38-39(42)43-33-44-40(38)47/h33-34,36-37H,5-32,35H2,1-4H3,(H,46,49)(H2,42,43,44)/t36-,37+,54?/m1/s1. The molecule has 13 heteroatoms. The topological polar surface area (TPSA) is 153 Å². The molecule has 0 aromatic carbocycles. The minimum Gasteiger partial charge on any atom is -0.465 e. The summed E-state index contributed by atoms with van der Waals surface area (Å²) in [6.07, 6.45) is 30.9. The molecule has 0 aliphatic heterocycles. The van der Waals surface area contributed by atoms with Gasteiger partial charge in [-0.15, -0.1) is 0 Å². The number of nitrogens with zero attached hydrogens (tertiary/aromatic N) is 4. The highest BCUT2D eigenvalue weighted by atomic mass is 31.2. The molecule has 2 heterocycles. The van der Waals surface area contributed by atoms with Crippen molar-refractivity contribution in [2.45, 2.75) is 194 Å². The number of nitrogen functional groups attached to an aromatic ring is 1. The second-order valence-electron chi connectivity index (χ2n) is 15.0. The molecule has 2 rings (SSSR count). The maximum atomic E-state index is 14.0. The molecule has 0 amide bonds. The van der Waals surface area contributed by atoms with Crippen LogP contribution in [-0.4, -0.2) is 70.4 Å². The Morgan fingerprint density at radius 2 is 1.24 bits per heavy atom. The Hall–Kier alpha value is -2.11. The number of hydrogen-bond donors (Lipinski definition) is 2. The van der Waals surface area contributed by atoms with E-state index in [4.69, 9.17) is 24.5 Å². The summed E-state index contributed by atoms with van der Waals surface area (Å²) in [5, 5.41) is 2.92. The highest BCUT2D eigenvalue weighted by Crippen LogP contribution is 2.43. The molecular weight excluding hydrogens is 703 g/mol. The number of fused-ring (bicyclic) bond motifs is 1. The number of ether oxygens (including phenoxy) is 3. The van der Waals surface area contributed by atoms with Crippen LogP contribution in [0.25, 0.3) is 11.2 Å². The first-order valence-corrected chi connectivity index (χ1v) is 23.4. The van der Waals surface area contributed by atoms with Gasteiger partial charge in [0.25, 0.3) is 7.52 Å². The van der Waals surface area contributed by atoms with Crippen LogP contribution in [-0.2, 0) is 34.6 Å². The SMILES string of the molecule is CCCCCCCCCCCCCCCCOCCCOP(=O)(CO[C@H](C)Cn1cnc2c(N)ncnc21)N[C@@H](C)C(=O)OCCCCCCCCCC.